The molecule has 0 saturated carbocycles. The van der Waals surface area contributed by atoms with E-state index in [0.717, 1.165) is 19.4 Å². The van der Waals surface area contributed by atoms with Crippen molar-refractivity contribution in [3.8, 4) is 0 Å². The topological polar surface area (TPSA) is 52.9 Å². The smallest absolute Gasteiger partial charge is 0.0900 e. The van der Waals surface area contributed by atoms with Crippen LogP contribution >= 0.6 is 0 Å². The summed E-state index contributed by atoms with van der Waals surface area (Å²) in [7, 11) is 0. The van der Waals surface area contributed by atoms with Crippen molar-refractivity contribution >= 4 is 0 Å². The van der Waals surface area contributed by atoms with Gasteiger partial charge in [0.1, 0.15) is 0 Å². The maximum atomic E-state index is 10.0. The summed E-state index contributed by atoms with van der Waals surface area (Å²) in [5.41, 5.74) is -0.216. The molecule has 0 aromatic rings. The van der Waals surface area contributed by atoms with Crippen LogP contribution < -0.4 is 0 Å². The Labute approximate surface area is 111 Å². The van der Waals surface area contributed by atoms with Crippen molar-refractivity contribution in [2.75, 3.05) is 19.7 Å². The van der Waals surface area contributed by atoms with Crippen LogP contribution in [0.15, 0.2) is 0 Å². The maximum Gasteiger partial charge on any atom is 0.0900 e. The van der Waals surface area contributed by atoms with Crippen LogP contribution in [0.5, 0.6) is 0 Å². The van der Waals surface area contributed by atoms with Crippen molar-refractivity contribution in [2.24, 2.45) is 0 Å². The SMILES string of the molecule is CC(O)C1CCCCN1CC(O)COC(C)(C)C. The van der Waals surface area contributed by atoms with E-state index in [0.29, 0.717) is 13.2 Å². The fourth-order valence-corrected chi connectivity index (χ4v) is 2.46. The molecule has 0 aromatic heterocycles. The Morgan fingerprint density at radius 2 is 1.94 bits per heavy atom. The van der Waals surface area contributed by atoms with Gasteiger partial charge in [-0.1, -0.05) is 6.42 Å². The van der Waals surface area contributed by atoms with Gasteiger partial charge in [0.15, 0.2) is 0 Å². The van der Waals surface area contributed by atoms with E-state index >= 15 is 0 Å². The third kappa shape index (κ3) is 5.65. The molecule has 0 radical (unpaired) electrons. The van der Waals surface area contributed by atoms with Crippen LogP contribution in [0.4, 0.5) is 0 Å². The Balaban J connectivity index is 2.39. The number of rotatable bonds is 5. The monoisotopic (exact) mass is 259 g/mol. The van der Waals surface area contributed by atoms with Crippen LogP contribution in [0.1, 0.15) is 47.0 Å². The van der Waals surface area contributed by atoms with E-state index < -0.39 is 6.10 Å². The largest absolute Gasteiger partial charge is 0.392 e. The first-order valence-corrected chi connectivity index (χ1v) is 7.04. The molecule has 4 heteroatoms. The van der Waals surface area contributed by atoms with Gasteiger partial charge in [-0.25, -0.2) is 0 Å². The Bertz CT molecular complexity index is 238. The molecule has 0 amide bonds. The van der Waals surface area contributed by atoms with Gasteiger partial charge in [0.25, 0.3) is 0 Å². The third-order valence-corrected chi connectivity index (χ3v) is 3.38. The van der Waals surface area contributed by atoms with E-state index in [1.807, 2.05) is 27.7 Å². The van der Waals surface area contributed by atoms with Gasteiger partial charge in [-0.15, -0.1) is 0 Å². The molecule has 1 fully saturated rings. The van der Waals surface area contributed by atoms with Crippen LogP contribution in [-0.4, -0.2) is 58.7 Å². The van der Waals surface area contributed by atoms with Crippen molar-refractivity contribution in [1.82, 2.24) is 4.90 Å². The second-order valence-corrected chi connectivity index (χ2v) is 6.38. The van der Waals surface area contributed by atoms with Gasteiger partial charge in [-0.05, 0) is 47.1 Å². The molecule has 4 nitrogen and oxygen atoms in total. The molecule has 0 aliphatic carbocycles. The van der Waals surface area contributed by atoms with Gasteiger partial charge >= 0.3 is 0 Å². The quantitative estimate of drug-likeness (QED) is 0.783. The number of piperidine rings is 1. The molecule has 0 aromatic carbocycles. The van der Waals surface area contributed by atoms with Gasteiger partial charge in [-0.3, -0.25) is 4.90 Å². The minimum absolute atomic E-state index is 0.183. The highest BCUT2D eigenvalue weighted by atomic mass is 16.5. The molecule has 1 saturated heterocycles. The second kappa shape index (κ2) is 6.85. The molecular formula is C14H29NO3. The molecule has 18 heavy (non-hydrogen) atoms. The summed E-state index contributed by atoms with van der Waals surface area (Å²) in [4.78, 5) is 2.20. The van der Waals surface area contributed by atoms with Gasteiger partial charge < -0.3 is 14.9 Å². The molecule has 1 rings (SSSR count). The Morgan fingerprint density at radius 1 is 1.28 bits per heavy atom. The van der Waals surface area contributed by atoms with Crippen LogP contribution in [0.2, 0.25) is 0 Å². The zero-order valence-electron chi connectivity index (χ0n) is 12.2. The first-order chi connectivity index (χ1) is 8.29. The van der Waals surface area contributed by atoms with Crippen LogP contribution in [-0.2, 0) is 4.74 Å². The summed E-state index contributed by atoms with van der Waals surface area (Å²) in [5, 5.41) is 19.8. The number of β-amino-alcohol motifs (C(OH)–C–C–N with tert-alkyl or cyclic N) is 1. The number of hydrogen-bond donors (Lipinski definition) is 2. The molecule has 0 spiro atoms. The molecule has 0 bridgehead atoms. The standard InChI is InChI=1S/C14H29NO3/c1-11(16)13-7-5-6-8-15(13)9-12(17)10-18-14(2,3)4/h11-13,16-17H,5-10H2,1-4H3. The highest BCUT2D eigenvalue weighted by Gasteiger charge is 2.28. The van der Waals surface area contributed by atoms with Crippen molar-refractivity contribution in [1.29, 1.82) is 0 Å². The number of hydrogen-bond acceptors (Lipinski definition) is 4. The highest BCUT2D eigenvalue weighted by molar-refractivity contribution is 4.82. The van der Waals surface area contributed by atoms with Crippen LogP contribution in [0.3, 0.4) is 0 Å². The predicted octanol–water partition coefficient (Wildman–Crippen LogP) is 1.40. The molecule has 2 N–H and O–H groups in total. The average molecular weight is 259 g/mol. The third-order valence-electron chi connectivity index (χ3n) is 3.38. The lowest BCUT2D eigenvalue weighted by Crippen LogP contribution is -2.49. The summed E-state index contributed by atoms with van der Waals surface area (Å²) in [6.45, 7) is 9.69. The lowest BCUT2D eigenvalue weighted by Gasteiger charge is -2.38. The first kappa shape index (κ1) is 15.9. The van der Waals surface area contributed by atoms with Crippen molar-refractivity contribution < 1.29 is 14.9 Å². The minimum Gasteiger partial charge on any atom is -0.392 e. The Hall–Kier alpha value is -0.160. The lowest BCUT2D eigenvalue weighted by molar-refractivity contribution is -0.0669. The minimum atomic E-state index is -0.483. The van der Waals surface area contributed by atoms with Crippen LogP contribution in [0.25, 0.3) is 0 Å². The molecule has 3 unspecified atom stereocenters. The van der Waals surface area contributed by atoms with E-state index in [4.69, 9.17) is 4.74 Å². The molecule has 1 heterocycles. The number of aliphatic hydroxyl groups is 2. The molecule has 108 valence electrons. The highest BCUT2D eigenvalue weighted by Crippen LogP contribution is 2.20. The first-order valence-electron chi connectivity index (χ1n) is 7.04. The van der Waals surface area contributed by atoms with Gasteiger partial charge in [0, 0.05) is 12.6 Å². The number of nitrogens with zero attached hydrogens (tertiary/aromatic N) is 1. The molecule has 1 aliphatic heterocycles. The van der Waals surface area contributed by atoms with E-state index in [1.54, 1.807) is 0 Å². The second-order valence-electron chi connectivity index (χ2n) is 6.38. The van der Waals surface area contributed by atoms with Crippen molar-refractivity contribution in [3.63, 3.8) is 0 Å². The fraction of sp³-hybridized carbons (Fsp3) is 1.00. The number of likely N-dealkylation sites (tertiary alicyclic amines) is 1. The molecular weight excluding hydrogens is 230 g/mol. The van der Waals surface area contributed by atoms with Crippen molar-refractivity contribution in [3.05, 3.63) is 0 Å². The van der Waals surface area contributed by atoms with Crippen molar-refractivity contribution in [2.45, 2.75) is 70.8 Å². The fourth-order valence-electron chi connectivity index (χ4n) is 2.46. The maximum absolute atomic E-state index is 10.0. The van der Waals surface area contributed by atoms with Gasteiger partial charge in [-0.2, -0.15) is 0 Å². The number of aliphatic hydroxyl groups excluding tert-OH is 2. The van der Waals surface area contributed by atoms with E-state index in [9.17, 15) is 10.2 Å². The Kier molecular flexibility index (Phi) is 6.05. The van der Waals surface area contributed by atoms with E-state index in [2.05, 4.69) is 4.90 Å². The molecule has 1 aliphatic rings. The zero-order chi connectivity index (χ0) is 13.8. The normalized spacial score (nSPS) is 26.0. The zero-order valence-corrected chi connectivity index (χ0v) is 12.2. The summed E-state index contributed by atoms with van der Waals surface area (Å²) < 4.78 is 5.59. The summed E-state index contributed by atoms with van der Waals surface area (Å²) >= 11 is 0. The Morgan fingerprint density at radius 3 is 2.50 bits per heavy atom. The summed E-state index contributed by atoms with van der Waals surface area (Å²) in [5.74, 6) is 0. The van der Waals surface area contributed by atoms with E-state index in [1.165, 1.54) is 6.42 Å². The number of ether oxygens (including phenoxy) is 1. The molecule has 3 atom stereocenters. The summed E-state index contributed by atoms with van der Waals surface area (Å²) in [6.07, 6.45) is 2.52. The van der Waals surface area contributed by atoms with E-state index in [-0.39, 0.29) is 17.7 Å². The average Bonchev–Trinajstić information content (AvgIpc) is 2.26. The summed E-state index contributed by atoms with van der Waals surface area (Å²) in [6, 6.07) is 0.183. The predicted molar refractivity (Wildman–Crippen MR) is 72.6 cm³/mol. The van der Waals surface area contributed by atoms with Gasteiger partial charge in [0.2, 0.25) is 0 Å². The van der Waals surface area contributed by atoms with Crippen LogP contribution in [0, 0.1) is 0 Å². The lowest BCUT2D eigenvalue weighted by atomic mass is 9.98. The van der Waals surface area contributed by atoms with Gasteiger partial charge in [0.05, 0.1) is 24.4 Å².